The van der Waals surface area contributed by atoms with Gasteiger partial charge in [-0.3, -0.25) is 4.79 Å². The van der Waals surface area contributed by atoms with Crippen LogP contribution in [0.2, 0.25) is 0 Å². The predicted molar refractivity (Wildman–Crippen MR) is 81.3 cm³/mol. The zero-order valence-corrected chi connectivity index (χ0v) is 13.0. The van der Waals surface area contributed by atoms with Gasteiger partial charge in [0.05, 0.1) is 0 Å². The van der Waals surface area contributed by atoms with Gasteiger partial charge in [-0.1, -0.05) is 26.0 Å². The van der Waals surface area contributed by atoms with Gasteiger partial charge in [0.15, 0.2) is 0 Å². The topological polar surface area (TPSA) is 17.1 Å². The van der Waals surface area contributed by atoms with Crippen LogP contribution in [0.5, 0.6) is 0 Å². The minimum Gasteiger partial charge on any atom is -0.299 e. The second-order valence-corrected chi connectivity index (χ2v) is 8.49. The highest BCUT2D eigenvalue weighted by Crippen LogP contribution is 2.64. The van der Waals surface area contributed by atoms with Crippen LogP contribution < -0.4 is 0 Å². The Morgan fingerprint density at radius 1 is 1.05 bits per heavy atom. The van der Waals surface area contributed by atoms with Crippen molar-refractivity contribution in [2.45, 2.75) is 65.2 Å². The number of hydrogen-bond donors (Lipinski definition) is 0. The molecule has 4 aliphatic carbocycles. The molecule has 4 aliphatic rings. The molecule has 1 nitrogen and oxygen atoms in total. The molecule has 1 heteroatoms. The molecule has 0 radical (unpaired) electrons. The van der Waals surface area contributed by atoms with Crippen molar-refractivity contribution in [3.05, 3.63) is 12.2 Å². The minimum absolute atomic E-state index is 0.0505. The van der Waals surface area contributed by atoms with Gasteiger partial charge in [0.2, 0.25) is 0 Å². The Balaban J connectivity index is 1.68. The highest BCUT2D eigenvalue weighted by Gasteiger charge is 2.59. The highest BCUT2D eigenvalue weighted by atomic mass is 16.1. The minimum atomic E-state index is 0.0505. The summed E-state index contributed by atoms with van der Waals surface area (Å²) in [6, 6.07) is 0. The summed E-state index contributed by atoms with van der Waals surface area (Å²) in [5, 5.41) is 0. The molecule has 0 N–H and O–H groups in total. The molecular formula is C19H28O. The van der Waals surface area contributed by atoms with Crippen LogP contribution in [0.1, 0.15) is 65.2 Å². The van der Waals surface area contributed by atoms with Crippen molar-refractivity contribution in [3.63, 3.8) is 0 Å². The monoisotopic (exact) mass is 272 g/mol. The van der Waals surface area contributed by atoms with Crippen molar-refractivity contribution in [3.8, 4) is 0 Å². The average Bonchev–Trinajstić information content (AvgIpc) is 2.74. The lowest BCUT2D eigenvalue weighted by Crippen LogP contribution is -2.52. The molecular weight excluding hydrogens is 244 g/mol. The standard InChI is InChI=1S/C19H28O/c1-18-11-4-3-5-13(18)6-7-14-15-8-9-17(20)19(15,2)12-10-16(14)18/h3-4,13-16H,5-12H2,1-2H3/t13-,14+,15+,16-,18+,19-/m1/s1. The summed E-state index contributed by atoms with van der Waals surface area (Å²) in [4.78, 5) is 12.4. The van der Waals surface area contributed by atoms with E-state index in [0.29, 0.717) is 17.1 Å². The zero-order chi connectivity index (χ0) is 14.0. The van der Waals surface area contributed by atoms with Crippen molar-refractivity contribution in [1.29, 1.82) is 0 Å². The molecule has 6 atom stereocenters. The molecule has 0 spiro atoms. The summed E-state index contributed by atoms with van der Waals surface area (Å²) < 4.78 is 0. The number of hydrogen-bond acceptors (Lipinski definition) is 1. The number of fused-ring (bicyclic) bond motifs is 5. The van der Waals surface area contributed by atoms with Crippen LogP contribution >= 0.6 is 0 Å². The second kappa shape index (κ2) is 4.21. The number of allylic oxidation sites excluding steroid dienone is 2. The van der Waals surface area contributed by atoms with Gasteiger partial charge < -0.3 is 0 Å². The molecule has 0 aromatic carbocycles. The molecule has 0 saturated heterocycles. The fourth-order valence-electron chi connectivity index (χ4n) is 6.61. The van der Waals surface area contributed by atoms with E-state index in [1.165, 1.54) is 44.9 Å². The third-order valence-electron chi connectivity index (χ3n) is 7.92. The van der Waals surface area contributed by atoms with Crippen LogP contribution in [-0.4, -0.2) is 5.78 Å². The molecule has 0 bridgehead atoms. The summed E-state index contributed by atoms with van der Waals surface area (Å²) in [6.45, 7) is 4.86. The number of carbonyl (C=O) groups is 1. The number of rotatable bonds is 0. The fraction of sp³-hybridized carbons (Fsp3) is 0.842. The van der Waals surface area contributed by atoms with E-state index in [0.717, 1.165) is 24.2 Å². The fourth-order valence-corrected chi connectivity index (χ4v) is 6.61. The first kappa shape index (κ1) is 13.1. The SMILES string of the molecule is C[C@]12CC=CC[C@@H]1CC[C@@H]1[C@H]2CC[C@@]2(C)C(=O)CC[C@@H]12. The maximum absolute atomic E-state index is 12.4. The Morgan fingerprint density at radius 3 is 2.75 bits per heavy atom. The first-order valence-electron chi connectivity index (χ1n) is 8.74. The Bertz CT molecular complexity index is 464. The van der Waals surface area contributed by atoms with Crippen LogP contribution in [0.3, 0.4) is 0 Å². The van der Waals surface area contributed by atoms with Crippen molar-refractivity contribution < 1.29 is 4.79 Å². The predicted octanol–water partition coefficient (Wildman–Crippen LogP) is 4.76. The molecule has 0 heterocycles. The van der Waals surface area contributed by atoms with Gasteiger partial charge in [-0.25, -0.2) is 0 Å². The Kier molecular flexibility index (Phi) is 2.76. The highest BCUT2D eigenvalue weighted by molar-refractivity contribution is 5.87. The Labute approximate surface area is 123 Å². The number of carbonyl (C=O) groups excluding carboxylic acids is 1. The van der Waals surface area contributed by atoms with Crippen molar-refractivity contribution >= 4 is 5.78 Å². The van der Waals surface area contributed by atoms with Crippen LogP contribution in [0.4, 0.5) is 0 Å². The van der Waals surface area contributed by atoms with E-state index in [-0.39, 0.29) is 5.41 Å². The summed E-state index contributed by atoms with van der Waals surface area (Å²) >= 11 is 0. The van der Waals surface area contributed by atoms with Gasteiger partial charge in [0.25, 0.3) is 0 Å². The van der Waals surface area contributed by atoms with E-state index in [1.807, 2.05) is 0 Å². The summed E-state index contributed by atoms with van der Waals surface area (Å²) in [5.74, 6) is 3.92. The molecule has 3 fully saturated rings. The number of ketones is 1. The van der Waals surface area contributed by atoms with Crippen LogP contribution in [0, 0.1) is 34.5 Å². The lowest BCUT2D eigenvalue weighted by molar-refractivity contribution is -0.136. The van der Waals surface area contributed by atoms with Gasteiger partial charge in [-0.05, 0) is 74.0 Å². The lowest BCUT2D eigenvalue weighted by atomic mass is 9.46. The molecule has 3 saturated carbocycles. The van der Waals surface area contributed by atoms with Crippen LogP contribution in [0.25, 0.3) is 0 Å². The number of Topliss-reactive ketones (excluding diaryl/α,β-unsaturated/α-hetero) is 1. The summed E-state index contributed by atoms with van der Waals surface area (Å²) in [7, 11) is 0. The van der Waals surface area contributed by atoms with E-state index < -0.39 is 0 Å². The molecule has 0 unspecified atom stereocenters. The van der Waals surface area contributed by atoms with E-state index >= 15 is 0 Å². The first-order valence-corrected chi connectivity index (χ1v) is 8.74. The third-order valence-corrected chi connectivity index (χ3v) is 7.92. The van der Waals surface area contributed by atoms with E-state index in [2.05, 4.69) is 26.0 Å². The molecule has 0 aromatic rings. The molecule has 20 heavy (non-hydrogen) atoms. The van der Waals surface area contributed by atoms with Crippen molar-refractivity contribution in [2.75, 3.05) is 0 Å². The molecule has 4 rings (SSSR count). The van der Waals surface area contributed by atoms with Gasteiger partial charge in [-0.15, -0.1) is 0 Å². The maximum atomic E-state index is 12.4. The zero-order valence-electron chi connectivity index (χ0n) is 13.0. The normalized spacial score (nSPS) is 54.2. The van der Waals surface area contributed by atoms with Crippen LogP contribution in [-0.2, 0) is 4.79 Å². The van der Waals surface area contributed by atoms with Gasteiger partial charge in [0, 0.05) is 11.8 Å². The van der Waals surface area contributed by atoms with Gasteiger partial charge >= 0.3 is 0 Å². The summed E-state index contributed by atoms with van der Waals surface area (Å²) in [6.07, 6.45) is 14.8. The van der Waals surface area contributed by atoms with E-state index in [4.69, 9.17) is 0 Å². The van der Waals surface area contributed by atoms with Crippen LogP contribution in [0.15, 0.2) is 12.2 Å². The smallest absolute Gasteiger partial charge is 0.139 e. The molecule has 0 amide bonds. The second-order valence-electron chi connectivity index (χ2n) is 8.49. The average molecular weight is 272 g/mol. The first-order chi connectivity index (χ1) is 9.56. The molecule has 0 aromatic heterocycles. The largest absolute Gasteiger partial charge is 0.299 e. The van der Waals surface area contributed by atoms with E-state index in [1.54, 1.807) is 0 Å². The summed E-state index contributed by atoms with van der Waals surface area (Å²) in [5.41, 5.74) is 0.583. The maximum Gasteiger partial charge on any atom is 0.139 e. The quantitative estimate of drug-likeness (QED) is 0.581. The third kappa shape index (κ3) is 1.53. The van der Waals surface area contributed by atoms with Crippen molar-refractivity contribution in [2.24, 2.45) is 34.5 Å². The molecule has 0 aliphatic heterocycles. The van der Waals surface area contributed by atoms with Crippen molar-refractivity contribution in [1.82, 2.24) is 0 Å². The van der Waals surface area contributed by atoms with E-state index in [9.17, 15) is 4.79 Å². The van der Waals surface area contributed by atoms with Gasteiger partial charge in [0.1, 0.15) is 5.78 Å². The lowest BCUT2D eigenvalue weighted by Gasteiger charge is -2.58. The molecule has 110 valence electrons. The van der Waals surface area contributed by atoms with Gasteiger partial charge in [-0.2, -0.15) is 0 Å². The Morgan fingerprint density at radius 2 is 1.90 bits per heavy atom. The Hall–Kier alpha value is -0.590.